The molecule has 1 N–H and O–H groups in total. The molecule has 0 unspecified atom stereocenters. The van der Waals surface area contributed by atoms with E-state index in [0.717, 1.165) is 19.5 Å². The fourth-order valence-corrected chi connectivity index (χ4v) is 10.4. The minimum Gasteiger partial charge on any atom is -0.460 e. The van der Waals surface area contributed by atoms with Gasteiger partial charge in [0.05, 0.1) is 19.6 Å². The maximum absolute atomic E-state index is 13.7. The second kappa shape index (κ2) is 12.2. The van der Waals surface area contributed by atoms with E-state index >= 15 is 0 Å². The zero-order chi connectivity index (χ0) is 28.2. The molecule has 1 aliphatic heterocycles. The fraction of sp³-hybridized carbons (Fsp3) is 0.441. The van der Waals surface area contributed by atoms with Crippen LogP contribution in [0.5, 0.6) is 0 Å². The first-order valence-corrected chi connectivity index (χ1v) is 17.4. The monoisotopic (exact) mass is 543 g/mol. The standard InChI is InChI=1S/C34H45NO3Si/c1-25(2)22-29(35(23-26-16-10-7-11-17-26)24-27-18-12-8-13-19-27)31-32(30(33(36)38-31)34(3,4)37)39(5,6)28-20-14-9-15-21-28/h7-21,25,29-32,37H,22-24H2,1-6H3/t29-,30+,31-,32+/m0/s1. The molecule has 0 aromatic heterocycles. The number of cyclic esters (lactones) is 1. The number of carbonyl (C=O) groups is 1. The molecule has 4 atom stereocenters. The van der Waals surface area contributed by atoms with Gasteiger partial charge in [0, 0.05) is 24.7 Å². The van der Waals surface area contributed by atoms with Crippen molar-refractivity contribution in [3.63, 3.8) is 0 Å². The van der Waals surface area contributed by atoms with Crippen molar-refractivity contribution < 1.29 is 14.6 Å². The van der Waals surface area contributed by atoms with Crippen molar-refractivity contribution in [3.05, 3.63) is 102 Å². The maximum atomic E-state index is 13.7. The van der Waals surface area contributed by atoms with Crippen molar-refractivity contribution in [1.82, 2.24) is 4.90 Å². The number of ether oxygens (including phenoxy) is 1. The van der Waals surface area contributed by atoms with E-state index in [2.05, 4.69) is 105 Å². The van der Waals surface area contributed by atoms with Crippen molar-refractivity contribution in [2.45, 2.75) is 83.6 Å². The van der Waals surface area contributed by atoms with Crippen LogP contribution in [0.15, 0.2) is 91.0 Å². The van der Waals surface area contributed by atoms with Gasteiger partial charge < -0.3 is 9.84 Å². The average Bonchev–Trinajstić information content (AvgIpc) is 3.27. The molecule has 0 saturated carbocycles. The Bertz CT molecular complexity index is 1150. The Morgan fingerprint density at radius 3 is 1.74 bits per heavy atom. The average molecular weight is 544 g/mol. The van der Waals surface area contributed by atoms with E-state index in [1.165, 1.54) is 16.3 Å². The van der Waals surface area contributed by atoms with Crippen molar-refractivity contribution in [1.29, 1.82) is 0 Å². The van der Waals surface area contributed by atoms with Gasteiger partial charge in [-0.1, -0.05) is 123 Å². The van der Waals surface area contributed by atoms with E-state index in [1.54, 1.807) is 13.8 Å². The van der Waals surface area contributed by atoms with Crippen molar-refractivity contribution in [3.8, 4) is 0 Å². The normalized spacial score (nSPS) is 20.8. The molecule has 1 saturated heterocycles. The molecule has 4 nitrogen and oxygen atoms in total. The SMILES string of the molecule is CC(C)C[C@@H]([C@@H]1OC(=O)[C@H](C(C)(C)O)[C@H]1[Si](C)(C)c1ccccc1)N(Cc1ccccc1)Cc1ccccc1. The molecule has 0 amide bonds. The predicted molar refractivity (Wildman–Crippen MR) is 162 cm³/mol. The Labute approximate surface area is 236 Å². The second-order valence-electron chi connectivity index (χ2n) is 12.7. The van der Waals surface area contributed by atoms with Crippen LogP contribution >= 0.6 is 0 Å². The molecule has 0 aliphatic carbocycles. The largest absolute Gasteiger partial charge is 0.460 e. The molecule has 4 rings (SSSR count). The number of nitrogens with zero attached hydrogens (tertiary/aromatic N) is 1. The lowest BCUT2D eigenvalue weighted by Gasteiger charge is -2.44. The molecule has 5 heteroatoms. The van der Waals surface area contributed by atoms with Crippen LogP contribution in [0.25, 0.3) is 0 Å². The summed E-state index contributed by atoms with van der Waals surface area (Å²) in [6.07, 6.45) is 0.581. The molecule has 208 valence electrons. The van der Waals surface area contributed by atoms with Gasteiger partial charge in [-0.05, 0) is 37.3 Å². The van der Waals surface area contributed by atoms with Gasteiger partial charge in [0.1, 0.15) is 6.10 Å². The molecule has 1 heterocycles. The van der Waals surface area contributed by atoms with Gasteiger partial charge in [-0.25, -0.2) is 0 Å². The van der Waals surface area contributed by atoms with Gasteiger partial charge in [-0.2, -0.15) is 0 Å². The van der Waals surface area contributed by atoms with E-state index in [9.17, 15) is 9.90 Å². The lowest BCUT2D eigenvalue weighted by Crippen LogP contribution is -2.57. The van der Waals surface area contributed by atoms with E-state index in [-0.39, 0.29) is 23.7 Å². The highest BCUT2D eigenvalue weighted by atomic mass is 28.3. The highest BCUT2D eigenvalue weighted by molar-refractivity contribution is 6.91. The third-order valence-corrected chi connectivity index (χ3v) is 12.5. The Kier molecular flexibility index (Phi) is 9.15. The van der Waals surface area contributed by atoms with Crippen LogP contribution in [0.2, 0.25) is 18.6 Å². The van der Waals surface area contributed by atoms with Crippen LogP contribution in [0.3, 0.4) is 0 Å². The maximum Gasteiger partial charge on any atom is 0.312 e. The van der Waals surface area contributed by atoms with Crippen LogP contribution in [0.4, 0.5) is 0 Å². The van der Waals surface area contributed by atoms with E-state index in [4.69, 9.17) is 4.74 Å². The number of benzene rings is 3. The number of carbonyl (C=O) groups excluding carboxylic acids is 1. The summed E-state index contributed by atoms with van der Waals surface area (Å²) in [6, 6.07) is 31.7. The lowest BCUT2D eigenvalue weighted by molar-refractivity contribution is -0.151. The Morgan fingerprint density at radius 2 is 1.31 bits per heavy atom. The quantitative estimate of drug-likeness (QED) is 0.225. The smallest absolute Gasteiger partial charge is 0.312 e. The minimum absolute atomic E-state index is 0.00204. The van der Waals surface area contributed by atoms with Crippen molar-refractivity contribution in [2.75, 3.05) is 0 Å². The fourth-order valence-electron chi connectivity index (χ4n) is 6.45. The van der Waals surface area contributed by atoms with Crippen LogP contribution in [-0.4, -0.2) is 41.8 Å². The van der Waals surface area contributed by atoms with E-state index in [1.807, 2.05) is 18.2 Å². The van der Waals surface area contributed by atoms with Crippen LogP contribution < -0.4 is 5.19 Å². The van der Waals surface area contributed by atoms with Gasteiger partial charge in [0.15, 0.2) is 0 Å². The Morgan fingerprint density at radius 1 is 0.846 bits per heavy atom. The van der Waals surface area contributed by atoms with Crippen molar-refractivity contribution >= 4 is 19.2 Å². The Hall–Kier alpha value is -2.73. The van der Waals surface area contributed by atoms with Crippen LogP contribution in [0.1, 0.15) is 45.2 Å². The molecule has 1 aliphatic rings. The zero-order valence-corrected chi connectivity index (χ0v) is 25.4. The molecule has 1 fully saturated rings. The summed E-state index contributed by atoms with van der Waals surface area (Å²) < 4.78 is 6.43. The highest BCUT2D eigenvalue weighted by Crippen LogP contribution is 2.49. The van der Waals surface area contributed by atoms with Crippen LogP contribution in [-0.2, 0) is 22.6 Å². The predicted octanol–water partition coefficient (Wildman–Crippen LogP) is 6.40. The van der Waals surface area contributed by atoms with E-state index in [0.29, 0.717) is 5.92 Å². The summed E-state index contributed by atoms with van der Waals surface area (Å²) in [5.74, 6) is -0.428. The van der Waals surface area contributed by atoms with Gasteiger partial charge in [-0.15, -0.1) is 0 Å². The molecule has 0 bridgehead atoms. The third kappa shape index (κ3) is 6.89. The minimum atomic E-state index is -2.30. The number of esters is 1. The molecule has 3 aromatic rings. The van der Waals surface area contributed by atoms with Gasteiger partial charge in [-0.3, -0.25) is 9.69 Å². The highest BCUT2D eigenvalue weighted by Gasteiger charge is 2.60. The molecule has 0 radical (unpaired) electrons. The topological polar surface area (TPSA) is 49.8 Å². The van der Waals surface area contributed by atoms with Gasteiger partial charge >= 0.3 is 5.97 Å². The van der Waals surface area contributed by atoms with E-state index < -0.39 is 19.6 Å². The first-order chi connectivity index (χ1) is 18.5. The first kappa shape index (κ1) is 29.3. The summed E-state index contributed by atoms with van der Waals surface area (Å²) in [4.78, 5) is 16.2. The number of aliphatic hydroxyl groups is 1. The number of hydrogen-bond acceptors (Lipinski definition) is 4. The number of hydrogen-bond donors (Lipinski definition) is 1. The molecular formula is C34H45NO3Si. The van der Waals surface area contributed by atoms with Crippen molar-refractivity contribution in [2.24, 2.45) is 11.8 Å². The third-order valence-electron chi connectivity index (χ3n) is 8.35. The summed E-state index contributed by atoms with van der Waals surface area (Å²) in [6.45, 7) is 14.2. The lowest BCUT2D eigenvalue weighted by atomic mass is 9.84. The van der Waals surface area contributed by atoms with Crippen LogP contribution in [0, 0.1) is 11.8 Å². The Balaban J connectivity index is 1.83. The molecule has 3 aromatic carbocycles. The summed E-state index contributed by atoms with van der Waals surface area (Å²) in [7, 11) is -2.30. The zero-order valence-electron chi connectivity index (χ0n) is 24.4. The number of rotatable bonds is 11. The molecular weight excluding hydrogens is 498 g/mol. The van der Waals surface area contributed by atoms with Gasteiger partial charge in [0.25, 0.3) is 0 Å². The molecule has 39 heavy (non-hydrogen) atoms. The molecule has 0 spiro atoms. The first-order valence-electron chi connectivity index (χ1n) is 14.3. The second-order valence-corrected chi connectivity index (χ2v) is 17.4. The van der Waals surface area contributed by atoms with Gasteiger partial charge in [0.2, 0.25) is 0 Å². The summed E-state index contributed by atoms with van der Waals surface area (Å²) in [5, 5.41) is 12.7. The summed E-state index contributed by atoms with van der Waals surface area (Å²) in [5.41, 5.74) is 1.22. The summed E-state index contributed by atoms with van der Waals surface area (Å²) >= 11 is 0.